The van der Waals surface area contributed by atoms with Gasteiger partial charge in [-0.25, -0.2) is 4.79 Å². The molecule has 11 heavy (non-hydrogen) atoms. The number of methoxy groups -OCH3 is 2. The normalized spacial score (nSPS) is 11.5. The molecule has 1 atom stereocenters. The van der Waals surface area contributed by atoms with Gasteiger partial charge in [0.15, 0.2) is 6.10 Å². The third-order valence-corrected chi connectivity index (χ3v) is 2.36. The van der Waals surface area contributed by atoms with Crippen molar-refractivity contribution < 1.29 is 19.1 Å². The summed E-state index contributed by atoms with van der Waals surface area (Å²) in [6, 6.07) is 0. The van der Waals surface area contributed by atoms with Crippen molar-refractivity contribution in [3.05, 3.63) is 0 Å². The topological polar surface area (TPSA) is 52.6 Å². The van der Waals surface area contributed by atoms with Gasteiger partial charge in [-0.15, -0.1) is 5.05 Å². The third kappa shape index (κ3) is 3.18. The van der Waals surface area contributed by atoms with Crippen molar-refractivity contribution in [2.24, 2.45) is 0 Å². The van der Waals surface area contributed by atoms with Gasteiger partial charge in [0.05, 0.1) is 7.11 Å². The molecule has 0 aromatic carbocycles. The van der Waals surface area contributed by atoms with E-state index in [0.717, 1.165) is 0 Å². The van der Waals surface area contributed by atoms with Gasteiger partial charge in [0.2, 0.25) is 0 Å². The lowest BCUT2D eigenvalue weighted by Crippen LogP contribution is -2.35. The molecule has 0 aromatic rings. The Morgan fingerprint density at radius 2 is 1.91 bits per heavy atom. The molecule has 0 aromatic heterocycles. The van der Waals surface area contributed by atoms with Crippen molar-refractivity contribution in [2.75, 3.05) is 14.2 Å². The minimum absolute atomic E-state index is 0.126. The van der Waals surface area contributed by atoms with Gasteiger partial charge in [-0.2, -0.15) is 0 Å². The van der Waals surface area contributed by atoms with E-state index in [-0.39, 0.29) is 3.91 Å². The van der Waals surface area contributed by atoms with Crippen LogP contribution < -0.4 is 0 Å². The van der Waals surface area contributed by atoms with Gasteiger partial charge in [-0.3, -0.25) is 0 Å². The smallest absolute Gasteiger partial charge is 0.467 e. The highest BCUT2D eigenvalue weighted by atomic mass is 24.5. The minimum atomic E-state index is -0.989. The van der Waals surface area contributed by atoms with E-state index in [9.17, 15) is 9.59 Å². The maximum Gasteiger partial charge on any atom is 0.470 e. The van der Waals surface area contributed by atoms with Crippen molar-refractivity contribution in [2.45, 2.75) is 11.2 Å². The van der Waals surface area contributed by atoms with E-state index in [1.807, 2.05) is 0 Å². The molecule has 5 heteroatoms. The number of rotatable bonds is 4. The highest BCUT2D eigenvalue weighted by Gasteiger charge is 2.24. The lowest BCUT2D eigenvalue weighted by Gasteiger charge is -2.10. The summed E-state index contributed by atoms with van der Waals surface area (Å²) < 4.78 is 8.90. The molecular weight excluding hydrogens is 160 g/mol. The molecule has 0 radical (unpaired) electrons. The summed E-state index contributed by atoms with van der Waals surface area (Å²) in [5, 5.41) is 1.80. The number of carbonyl (C=O) groups is 2. The maximum atomic E-state index is 11.0. The molecular formula is C6H10MgO4. The first-order chi connectivity index (χ1) is 5.17. The molecule has 0 aliphatic rings. The van der Waals surface area contributed by atoms with Gasteiger partial charge in [0.1, 0.15) is 0 Å². The Balaban J connectivity index is 4.15. The van der Waals surface area contributed by atoms with Gasteiger partial charge in [0, 0.05) is 11.0 Å². The molecule has 0 aliphatic carbocycles. The molecule has 0 saturated heterocycles. The highest BCUT2D eigenvalue weighted by molar-refractivity contribution is 6.75. The van der Waals surface area contributed by atoms with Crippen molar-refractivity contribution in [1.29, 1.82) is 0 Å². The van der Waals surface area contributed by atoms with Crippen LogP contribution in [0, 0.1) is 0 Å². The van der Waals surface area contributed by atoms with E-state index in [2.05, 4.69) is 9.47 Å². The van der Waals surface area contributed by atoms with Crippen molar-refractivity contribution in [1.82, 2.24) is 0 Å². The summed E-state index contributed by atoms with van der Waals surface area (Å²) in [6.07, 6.45) is -0.989. The molecule has 0 saturated carbocycles. The molecule has 0 N–H and O–H groups in total. The number of hydrogen-bond donors (Lipinski definition) is 0. The Kier molecular flexibility index (Phi) is 5.44. The highest BCUT2D eigenvalue weighted by Crippen LogP contribution is 1.94. The number of hydrogen-bond acceptors (Lipinski definition) is 4. The van der Waals surface area contributed by atoms with E-state index in [1.54, 1.807) is 5.05 Å². The van der Waals surface area contributed by atoms with E-state index >= 15 is 0 Å². The molecule has 0 bridgehead atoms. The summed E-state index contributed by atoms with van der Waals surface area (Å²) in [5.41, 5.74) is 0. The first-order valence-electron chi connectivity index (χ1n) is 3.30. The summed E-state index contributed by atoms with van der Waals surface area (Å²) in [6.45, 7) is 0. The van der Waals surface area contributed by atoms with Gasteiger partial charge < -0.3 is 14.3 Å². The molecule has 0 amide bonds. The Bertz CT molecular complexity index is 141. The molecule has 0 spiro atoms. The third-order valence-electron chi connectivity index (χ3n) is 1.29. The first kappa shape index (κ1) is 10.9. The summed E-state index contributed by atoms with van der Waals surface area (Å²) in [7, 11) is 2.56. The summed E-state index contributed by atoms with van der Waals surface area (Å²) in [4.78, 5) is 21.8. The van der Waals surface area contributed by atoms with Gasteiger partial charge in [-0.05, 0) is 0 Å². The molecule has 60 valence electrons. The molecule has 0 aliphatic heterocycles. The fraction of sp³-hybridized carbons (Fsp3) is 0.667. The van der Waals surface area contributed by atoms with E-state index < -0.39 is 32.4 Å². The van der Waals surface area contributed by atoms with Gasteiger partial charge >= 0.3 is 26.3 Å². The number of esters is 1. The quantitative estimate of drug-likeness (QED) is 0.323. The van der Waals surface area contributed by atoms with Crippen LogP contribution in [0.3, 0.4) is 0 Å². The van der Waals surface area contributed by atoms with Crippen molar-refractivity contribution >= 4 is 30.2 Å². The zero-order valence-corrected chi connectivity index (χ0v) is 8.33. The number of ether oxygens (including phenoxy) is 2. The molecule has 1 unspecified atom stereocenters. The van der Waals surface area contributed by atoms with Crippen LogP contribution >= 0.6 is 0 Å². The van der Waals surface area contributed by atoms with Crippen molar-refractivity contribution in [3.8, 4) is 0 Å². The lowest BCUT2D eigenvalue weighted by molar-refractivity contribution is -0.154. The van der Waals surface area contributed by atoms with Crippen LogP contribution in [-0.4, -0.2) is 50.6 Å². The second-order valence-corrected chi connectivity index (χ2v) is 3.36. The van der Waals surface area contributed by atoms with E-state index in [4.69, 9.17) is 0 Å². The van der Waals surface area contributed by atoms with Crippen LogP contribution in [0.5, 0.6) is 0 Å². The first-order valence-corrected chi connectivity index (χ1v) is 5.42. The Hall–Kier alpha value is -0.134. The lowest BCUT2D eigenvalue weighted by atomic mass is 10.4. The zero-order valence-electron chi connectivity index (χ0n) is 6.92. The molecule has 4 nitrogen and oxygen atoms in total. The maximum absolute atomic E-state index is 11.0. The summed E-state index contributed by atoms with van der Waals surface area (Å²) in [5.74, 6) is -0.605. The van der Waals surface area contributed by atoms with Gasteiger partial charge in [0.25, 0.3) is 0 Å². The largest absolute Gasteiger partial charge is 0.470 e. The summed E-state index contributed by atoms with van der Waals surface area (Å²) >= 11 is -0.837. The fourth-order valence-corrected chi connectivity index (χ4v) is 1.36. The van der Waals surface area contributed by atoms with Gasteiger partial charge in [-0.1, -0.05) is 0 Å². The van der Waals surface area contributed by atoms with Crippen molar-refractivity contribution in [3.63, 3.8) is 0 Å². The van der Waals surface area contributed by atoms with Crippen LogP contribution in [0.25, 0.3) is 0 Å². The Labute approximate surface area is 75.0 Å². The van der Waals surface area contributed by atoms with Crippen LogP contribution in [0.2, 0.25) is 5.05 Å². The standard InChI is InChI=1S/C5H7O4.CH3.Mg/c1-8-4(3-6)5(7)9-2;;/h4H,1-2H3;1H3;. The average Bonchev–Trinajstić information content (AvgIpc) is 2.05. The average molecular weight is 170 g/mol. The predicted molar refractivity (Wildman–Crippen MR) is 39.4 cm³/mol. The van der Waals surface area contributed by atoms with Crippen LogP contribution in [-0.2, 0) is 19.1 Å². The molecule has 0 heterocycles. The predicted octanol–water partition coefficient (Wildman–Crippen LogP) is -0.547. The minimum Gasteiger partial charge on any atom is -0.467 e. The van der Waals surface area contributed by atoms with E-state index in [0.29, 0.717) is 0 Å². The second-order valence-electron chi connectivity index (χ2n) is 1.96. The monoisotopic (exact) mass is 170 g/mol. The Morgan fingerprint density at radius 3 is 2.18 bits per heavy atom. The van der Waals surface area contributed by atoms with Crippen LogP contribution in [0.4, 0.5) is 0 Å². The van der Waals surface area contributed by atoms with E-state index in [1.165, 1.54) is 14.2 Å². The zero-order chi connectivity index (χ0) is 8.85. The number of carbonyl (C=O) groups excluding carboxylic acids is 2. The molecule has 0 rings (SSSR count). The molecule has 0 fully saturated rings. The van der Waals surface area contributed by atoms with Crippen LogP contribution in [0.15, 0.2) is 0 Å². The second kappa shape index (κ2) is 5.51. The fourth-order valence-electron chi connectivity index (χ4n) is 0.652. The Morgan fingerprint density at radius 1 is 1.36 bits per heavy atom. The van der Waals surface area contributed by atoms with Crippen LogP contribution in [0.1, 0.15) is 0 Å². The SMILES string of the molecule is COC(=O)C(OC)[C](=O)[Mg][CH3].